The van der Waals surface area contributed by atoms with Crippen LogP contribution in [0.25, 0.3) is 0 Å². The number of benzene rings is 1. The molecule has 0 bridgehead atoms. The maximum atomic E-state index is 13.8. The summed E-state index contributed by atoms with van der Waals surface area (Å²) in [5, 5.41) is 4.01. The number of anilines is 2. The largest absolute Gasteiger partial charge is 0.272 e. The maximum Gasteiger partial charge on any atom is 0.129 e. The van der Waals surface area contributed by atoms with E-state index in [1.807, 2.05) is 42.3 Å². The van der Waals surface area contributed by atoms with Gasteiger partial charge in [-0.2, -0.15) is 0 Å². The van der Waals surface area contributed by atoms with E-state index >= 15 is 0 Å². The second kappa shape index (κ2) is 4.07. The van der Waals surface area contributed by atoms with Gasteiger partial charge in [0.25, 0.3) is 0 Å². The number of hydrazine groups is 1. The molecule has 0 atom stereocenters. The molecule has 1 aromatic heterocycles. The third kappa shape index (κ3) is 1.57. The van der Waals surface area contributed by atoms with E-state index in [9.17, 15) is 4.39 Å². The monoisotopic (exact) mass is 243 g/mol. The normalized spacial score (nSPS) is 14.9. The minimum atomic E-state index is -0.150. The van der Waals surface area contributed by atoms with Crippen LogP contribution in [0.1, 0.15) is 11.1 Å². The van der Waals surface area contributed by atoms with Crippen molar-refractivity contribution in [2.24, 2.45) is 0 Å². The highest BCUT2D eigenvalue weighted by molar-refractivity contribution is 5.69. The van der Waals surface area contributed by atoms with Crippen LogP contribution in [0.3, 0.4) is 0 Å². The SMILES string of the molecule is Cc1ccncc1N1c2cccc(F)c2CN1C. The molecule has 2 aromatic rings. The Labute approximate surface area is 105 Å². The van der Waals surface area contributed by atoms with Crippen molar-refractivity contribution in [3.05, 3.63) is 53.6 Å². The summed E-state index contributed by atoms with van der Waals surface area (Å²) in [6, 6.07) is 7.15. The summed E-state index contributed by atoms with van der Waals surface area (Å²) in [7, 11) is 1.95. The summed E-state index contributed by atoms with van der Waals surface area (Å²) < 4.78 is 13.8. The molecule has 3 rings (SSSR count). The van der Waals surface area contributed by atoms with Gasteiger partial charge in [-0.05, 0) is 30.7 Å². The molecule has 4 heteroatoms. The summed E-state index contributed by atoms with van der Waals surface area (Å²) in [4.78, 5) is 4.16. The fraction of sp³-hybridized carbons (Fsp3) is 0.214. The number of fused-ring (bicyclic) bond motifs is 1. The third-order valence-corrected chi connectivity index (χ3v) is 3.29. The van der Waals surface area contributed by atoms with E-state index in [2.05, 4.69) is 4.98 Å². The molecule has 1 aliphatic rings. The van der Waals surface area contributed by atoms with Crippen molar-refractivity contribution in [3.63, 3.8) is 0 Å². The van der Waals surface area contributed by atoms with Gasteiger partial charge in [0.15, 0.2) is 0 Å². The highest BCUT2D eigenvalue weighted by Crippen LogP contribution is 2.38. The Morgan fingerprint density at radius 2 is 2.06 bits per heavy atom. The van der Waals surface area contributed by atoms with Crippen LogP contribution in [0.2, 0.25) is 0 Å². The number of halogens is 1. The smallest absolute Gasteiger partial charge is 0.129 e. The molecule has 18 heavy (non-hydrogen) atoms. The minimum Gasteiger partial charge on any atom is -0.272 e. The summed E-state index contributed by atoms with van der Waals surface area (Å²) in [6.07, 6.45) is 3.58. The summed E-state index contributed by atoms with van der Waals surface area (Å²) >= 11 is 0. The summed E-state index contributed by atoms with van der Waals surface area (Å²) in [5.41, 5.74) is 3.75. The molecular formula is C14H14FN3. The van der Waals surface area contributed by atoms with Gasteiger partial charge in [-0.1, -0.05) is 6.07 Å². The molecule has 0 amide bonds. The molecular weight excluding hydrogens is 229 g/mol. The van der Waals surface area contributed by atoms with E-state index in [-0.39, 0.29) is 5.82 Å². The van der Waals surface area contributed by atoms with E-state index in [0.29, 0.717) is 6.54 Å². The van der Waals surface area contributed by atoms with Gasteiger partial charge in [0.2, 0.25) is 0 Å². The molecule has 0 N–H and O–H groups in total. The fourth-order valence-corrected chi connectivity index (χ4v) is 2.38. The zero-order valence-electron chi connectivity index (χ0n) is 10.4. The molecule has 3 nitrogen and oxygen atoms in total. The Morgan fingerprint density at radius 1 is 1.22 bits per heavy atom. The Morgan fingerprint density at radius 3 is 2.83 bits per heavy atom. The van der Waals surface area contributed by atoms with Crippen molar-refractivity contribution < 1.29 is 4.39 Å². The summed E-state index contributed by atoms with van der Waals surface area (Å²) in [6.45, 7) is 2.61. The van der Waals surface area contributed by atoms with E-state index < -0.39 is 0 Å². The van der Waals surface area contributed by atoms with Crippen molar-refractivity contribution in [2.45, 2.75) is 13.5 Å². The van der Waals surface area contributed by atoms with Gasteiger partial charge in [0.05, 0.1) is 17.6 Å². The average molecular weight is 243 g/mol. The first-order chi connectivity index (χ1) is 8.68. The van der Waals surface area contributed by atoms with E-state index in [0.717, 1.165) is 22.5 Å². The summed E-state index contributed by atoms with van der Waals surface area (Å²) in [5.74, 6) is -0.150. The molecule has 0 fully saturated rings. The van der Waals surface area contributed by atoms with Gasteiger partial charge in [-0.3, -0.25) is 9.99 Å². The lowest BCUT2D eigenvalue weighted by Gasteiger charge is -2.27. The number of aryl methyl sites for hydroxylation is 1. The topological polar surface area (TPSA) is 19.4 Å². The molecule has 0 unspecified atom stereocenters. The van der Waals surface area contributed by atoms with Crippen LogP contribution in [0.5, 0.6) is 0 Å². The zero-order valence-corrected chi connectivity index (χ0v) is 10.4. The highest BCUT2D eigenvalue weighted by Gasteiger charge is 2.28. The molecule has 0 aliphatic carbocycles. The third-order valence-electron chi connectivity index (χ3n) is 3.29. The molecule has 1 aliphatic heterocycles. The molecule has 92 valence electrons. The molecule has 0 saturated carbocycles. The fourth-order valence-electron chi connectivity index (χ4n) is 2.38. The number of rotatable bonds is 1. The highest BCUT2D eigenvalue weighted by atomic mass is 19.1. The van der Waals surface area contributed by atoms with Gasteiger partial charge in [-0.25, -0.2) is 9.40 Å². The van der Waals surface area contributed by atoms with Crippen LogP contribution >= 0.6 is 0 Å². The van der Waals surface area contributed by atoms with Crippen molar-refractivity contribution in [3.8, 4) is 0 Å². The van der Waals surface area contributed by atoms with Gasteiger partial charge < -0.3 is 0 Å². The van der Waals surface area contributed by atoms with Crippen molar-refractivity contribution >= 4 is 11.4 Å². The second-order valence-corrected chi connectivity index (χ2v) is 4.53. The van der Waals surface area contributed by atoms with Gasteiger partial charge >= 0.3 is 0 Å². The molecule has 0 radical (unpaired) electrons. The van der Waals surface area contributed by atoms with Crippen LogP contribution in [-0.2, 0) is 6.54 Å². The van der Waals surface area contributed by atoms with Crippen LogP contribution in [-0.4, -0.2) is 17.0 Å². The van der Waals surface area contributed by atoms with E-state index in [4.69, 9.17) is 0 Å². The van der Waals surface area contributed by atoms with Gasteiger partial charge in [-0.15, -0.1) is 0 Å². The molecule has 0 saturated heterocycles. The zero-order chi connectivity index (χ0) is 12.7. The molecule has 2 heterocycles. The standard InChI is InChI=1S/C14H14FN3/c1-10-6-7-16-8-14(10)18-13-5-3-4-12(15)11(13)9-17(18)2/h3-8H,9H2,1-2H3. The Hall–Kier alpha value is -1.94. The van der Waals surface area contributed by atoms with Crippen LogP contribution < -0.4 is 5.01 Å². The van der Waals surface area contributed by atoms with Crippen LogP contribution in [0.4, 0.5) is 15.8 Å². The number of nitrogens with zero attached hydrogens (tertiary/aromatic N) is 3. The van der Waals surface area contributed by atoms with Gasteiger partial charge in [0, 0.05) is 25.4 Å². The van der Waals surface area contributed by atoms with E-state index in [1.54, 1.807) is 12.3 Å². The van der Waals surface area contributed by atoms with Crippen molar-refractivity contribution in [1.29, 1.82) is 0 Å². The lowest BCUT2D eigenvalue weighted by atomic mass is 10.1. The number of hydrogen-bond acceptors (Lipinski definition) is 3. The lowest BCUT2D eigenvalue weighted by Crippen LogP contribution is -2.30. The van der Waals surface area contributed by atoms with E-state index in [1.165, 1.54) is 6.07 Å². The van der Waals surface area contributed by atoms with Crippen molar-refractivity contribution in [2.75, 3.05) is 12.1 Å². The molecule has 1 aromatic carbocycles. The first-order valence-electron chi connectivity index (χ1n) is 5.87. The Kier molecular flexibility index (Phi) is 2.52. The lowest BCUT2D eigenvalue weighted by molar-refractivity contribution is 0.357. The quantitative estimate of drug-likeness (QED) is 0.767. The maximum absolute atomic E-state index is 13.8. The number of aromatic nitrogens is 1. The first-order valence-corrected chi connectivity index (χ1v) is 5.87. The predicted octanol–water partition coefficient (Wildman–Crippen LogP) is 3.03. The Balaban J connectivity index is 2.16. The first kappa shape index (κ1) is 11.2. The number of pyridine rings is 1. The minimum absolute atomic E-state index is 0.150. The second-order valence-electron chi connectivity index (χ2n) is 4.53. The number of hydrogen-bond donors (Lipinski definition) is 0. The predicted molar refractivity (Wildman–Crippen MR) is 69.0 cm³/mol. The van der Waals surface area contributed by atoms with Crippen molar-refractivity contribution in [1.82, 2.24) is 9.99 Å². The van der Waals surface area contributed by atoms with Crippen LogP contribution in [0.15, 0.2) is 36.7 Å². The van der Waals surface area contributed by atoms with Crippen LogP contribution in [0, 0.1) is 12.7 Å². The Bertz CT molecular complexity index is 597. The average Bonchev–Trinajstić information content (AvgIpc) is 2.68. The van der Waals surface area contributed by atoms with Gasteiger partial charge in [0.1, 0.15) is 5.82 Å². The molecule has 0 spiro atoms.